The lowest BCUT2D eigenvalue weighted by Gasteiger charge is -2.13. The van der Waals surface area contributed by atoms with Gasteiger partial charge in [0.15, 0.2) is 0 Å². The minimum absolute atomic E-state index is 0.00215. The monoisotopic (exact) mass is 548 g/mol. The summed E-state index contributed by atoms with van der Waals surface area (Å²) in [5, 5.41) is 13.1. The number of rotatable bonds is 5. The highest BCUT2D eigenvalue weighted by molar-refractivity contribution is 9.10. The molecule has 11 heteroatoms. The normalized spacial score (nSPS) is 11.5. The van der Waals surface area contributed by atoms with Gasteiger partial charge in [-0.15, -0.1) is 0 Å². The molecule has 8 nitrogen and oxygen atoms in total. The highest BCUT2D eigenvalue weighted by atomic mass is 79.9. The number of carbonyl (C=O) groups is 1. The topological polar surface area (TPSA) is 106 Å². The molecule has 0 spiro atoms. The molecule has 3 aromatic rings. The van der Waals surface area contributed by atoms with Gasteiger partial charge in [0.25, 0.3) is 5.56 Å². The van der Waals surface area contributed by atoms with Gasteiger partial charge in [-0.25, -0.2) is 14.2 Å². The quantitative estimate of drug-likeness (QED) is 0.373. The molecular formula is C23H22BrFN4O4S. The molecule has 0 saturated heterocycles. The number of halogens is 2. The summed E-state index contributed by atoms with van der Waals surface area (Å²) >= 11 is 4.04. The van der Waals surface area contributed by atoms with Crippen LogP contribution in [0.3, 0.4) is 0 Å². The second kappa shape index (κ2) is 10.4. The van der Waals surface area contributed by atoms with Crippen LogP contribution in [0.5, 0.6) is 5.88 Å². The van der Waals surface area contributed by atoms with Gasteiger partial charge in [0.2, 0.25) is 11.8 Å². The summed E-state index contributed by atoms with van der Waals surface area (Å²) in [4.78, 5) is 42.1. The Kier molecular flexibility index (Phi) is 7.78. The number of hydrogen-bond donors (Lipinski definition) is 2. The Hall–Kier alpha value is -3.18. The smallest absolute Gasteiger partial charge is 0.333 e. The molecule has 178 valence electrons. The van der Waals surface area contributed by atoms with Gasteiger partial charge < -0.3 is 10.4 Å². The molecule has 0 aliphatic rings. The molecular weight excluding hydrogens is 527 g/mol. The fourth-order valence-electron chi connectivity index (χ4n) is 3.00. The summed E-state index contributed by atoms with van der Waals surface area (Å²) in [7, 11) is 2.61. The van der Waals surface area contributed by atoms with Gasteiger partial charge in [-0.3, -0.25) is 18.7 Å². The minimum Gasteiger partial charge on any atom is -0.494 e. The molecule has 0 atom stereocenters. The third kappa shape index (κ3) is 5.48. The molecule has 2 N–H and O–H groups in total. The van der Waals surface area contributed by atoms with E-state index in [1.807, 2.05) is 19.9 Å². The molecule has 0 radical (unpaired) electrons. The second-order valence-electron chi connectivity index (χ2n) is 7.55. The first-order chi connectivity index (χ1) is 16.0. The van der Waals surface area contributed by atoms with Crippen molar-refractivity contribution >= 4 is 50.0 Å². The average Bonchev–Trinajstić information content (AvgIpc) is 2.79. The molecule has 34 heavy (non-hydrogen) atoms. The highest BCUT2D eigenvalue weighted by Crippen LogP contribution is 2.25. The molecule has 3 rings (SSSR count). The zero-order chi connectivity index (χ0) is 25.2. The molecule has 0 aliphatic carbocycles. The van der Waals surface area contributed by atoms with Crippen molar-refractivity contribution in [3.63, 3.8) is 0 Å². The summed E-state index contributed by atoms with van der Waals surface area (Å²) in [6, 6.07) is 9.63. The number of aromatic nitrogens is 2. The van der Waals surface area contributed by atoms with Gasteiger partial charge >= 0.3 is 5.69 Å². The third-order valence-electron chi connectivity index (χ3n) is 5.11. The number of nitrogens with one attached hydrogen (secondary N) is 1. The number of anilines is 1. The number of aryl methyl sites for hydroxylation is 2. The lowest BCUT2D eigenvalue weighted by atomic mass is 10.1. The van der Waals surface area contributed by atoms with Gasteiger partial charge in [-0.2, -0.15) is 0 Å². The zero-order valence-electron chi connectivity index (χ0n) is 18.8. The van der Waals surface area contributed by atoms with Crippen molar-refractivity contribution in [2.75, 3.05) is 11.1 Å². The first-order valence-corrected chi connectivity index (χ1v) is 11.8. The van der Waals surface area contributed by atoms with Crippen molar-refractivity contribution < 1.29 is 14.3 Å². The predicted octanol–water partition coefficient (Wildman–Crippen LogP) is 3.76. The number of hydrogen-bond acceptors (Lipinski definition) is 6. The Morgan fingerprint density at radius 3 is 2.47 bits per heavy atom. The second-order valence-corrected chi connectivity index (χ2v) is 9.43. The van der Waals surface area contributed by atoms with E-state index in [0.29, 0.717) is 10.2 Å². The van der Waals surface area contributed by atoms with Crippen LogP contribution in [0.4, 0.5) is 15.8 Å². The Bertz CT molecular complexity index is 1430. The standard InChI is InChI=1S/C23H22BrFN4O4S/c1-12-5-7-15(9-13(12)2)26-20(19-21(31)28(3)23(33)29(4)22(19)32)34-11-18(30)27-17-8-6-14(24)10-16(17)25/h5-10,31H,11H2,1-4H3,(H,27,30). The molecule has 0 aliphatic heterocycles. The van der Waals surface area contributed by atoms with E-state index in [0.717, 1.165) is 32.0 Å². The summed E-state index contributed by atoms with van der Waals surface area (Å²) < 4.78 is 16.4. The number of thioether (sulfide) groups is 1. The number of aliphatic imine (C=N–C) groups is 1. The van der Waals surface area contributed by atoms with Crippen LogP contribution in [0, 0.1) is 19.7 Å². The van der Waals surface area contributed by atoms with E-state index in [-0.39, 0.29) is 22.0 Å². The van der Waals surface area contributed by atoms with Crippen LogP contribution >= 0.6 is 27.7 Å². The summed E-state index contributed by atoms with van der Waals surface area (Å²) in [6.45, 7) is 3.85. The zero-order valence-corrected chi connectivity index (χ0v) is 21.3. The van der Waals surface area contributed by atoms with Crippen LogP contribution in [0.15, 0.2) is 55.5 Å². The summed E-state index contributed by atoms with van der Waals surface area (Å²) in [6.07, 6.45) is 0. The summed E-state index contributed by atoms with van der Waals surface area (Å²) in [5.74, 6) is -1.95. The maximum atomic E-state index is 14.1. The minimum atomic E-state index is -0.755. The molecule has 1 heterocycles. The Balaban J connectivity index is 2.00. The van der Waals surface area contributed by atoms with E-state index >= 15 is 0 Å². The van der Waals surface area contributed by atoms with E-state index in [4.69, 9.17) is 0 Å². The maximum absolute atomic E-state index is 14.1. The first kappa shape index (κ1) is 25.4. The van der Waals surface area contributed by atoms with Gasteiger partial charge in [-0.1, -0.05) is 33.8 Å². The van der Waals surface area contributed by atoms with Crippen LogP contribution in [0.25, 0.3) is 0 Å². The van der Waals surface area contributed by atoms with Crippen LogP contribution < -0.4 is 16.6 Å². The van der Waals surface area contributed by atoms with E-state index in [1.54, 1.807) is 18.2 Å². The molecule has 0 saturated carbocycles. The van der Waals surface area contributed by atoms with Crippen LogP contribution in [-0.4, -0.2) is 30.9 Å². The summed E-state index contributed by atoms with van der Waals surface area (Å²) in [5.41, 5.74) is 0.842. The number of amides is 1. The van der Waals surface area contributed by atoms with E-state index < -0.39 is 28.9 Å². The van der Waals surface area contributed by atoms with Crippen molar-refractivity contribution in [3.8, 4) is 5.88 Å². The van der Waals surface area contributed by atoms with Crippen LogP contribution in [0.2, 0.25) is 0 Å². The molecule has 1 aromatic heterocycles. The fraction of sp³-hybridized carbons (Fsp3) is 0.217. The lowest BCUT2D eigenvalue weighted by Crippen LogP contribution is -2.39. The lowest BCUT2D eigenvalue weighted by molar-refractivity contribution is -0.113. The van der Waals surface area contributed by atoms with Gasteiger partial charge in [0, 0.05) is 18.6 Å². The predicted molar refractivity (Wildman–Crippen MR) is 136 cm³/mol. The van der Waals surface area contributed by atoms with Gasteiger partial charge in [-0.05, 0) is 55.3 Å². The van der Waals surface area contributed by atoms with Crippen LogP contribution in [-0.2, 0) is 18.9 Å². The van der Waals surface area contributed by atoms with E-state index in [2.05, 4.69) is 26.2 Å². The maximum Gasteiger partial charge on any atom is 0.333 e. The molecule has 0 fully saturated rings. The number of carbonyl (C=O) groups excluding carboxylic acids is 1. The van der Waals surface area contributed by atoms with Gasteiger partial charge in [0.1, 0.15) is 16.4 Å². The van der Waals surface area contributed by atoms with E-state index in [1.165, 1.54) is 26.2 Å². The Morgan fingerprint density at radius 2 is 1.82 bits per heavy atom. The molecule has 0 bridgehead atoms. The highest BCUT2D eigenvalue weighted by Gasteiger charge is 2.22. The van der Waals surface area contributed by atoms with Crippen molar-refractivity contribution in [2.45, 2.75) is 13.8 Å². The third-order valence-corrected chi connectivity index (χ3v) is 6.58. The SMILES string of the molecule is Cc1ccc(N=C(SCC(=O)Nc2ccc(Br)cc2F)c2c(O)n(C)c(=O)n(C)c2=O)cc1C. The first-order valence-electron chi connectivity index (χ1n) is 10.0. The van der Waals surface area contributed by atoms with Crippen LogP contribution in [0.1, 0.15) is 16.7 Å². The number of benzene rings is 2. The molecule has 0 unspecified atom stereocenters. The van der Waals surface area contributed by atoms with Crippen molar-refractivity contribution in [2.24, 2.45) is 19.1 Å². The van der Waals surface area contributed by atoms with Crippen molar-refractivity contribution in [1.82, 2.24) is 9.13 Å². The van der Waals surface area contributed by atoms with Crippen molar-refractivity contribution in [3.05, 3.63) is 84.2 Å². The number of nitrogens with zero attached hydrogens (tertiary/aromatic N) is 3. The average molecular weight is 549 g/mol. The molecule has 1 amide bonds. The van der Waals surface area contributed by atoms with E-state index in [9.17, 15) is 23.9 Å². The number of aromatic hydroxyl groups is 1. The Labute approximate surface area is 207 Å². The largest absolute Gasteiger partial charge is 0.494 e. The molecule has 2 aromatic carbocycles. The van der Waals surface area contributed by atoms with Gasteiger partial charge in [0.05, 0.1) is 17.1 Å². The Morgan fingerprint density at radius 1 is 1.12 bits per heavy atom. The fourth-order valence-corrected chi connectivity index (χ4v) is 4.17. The van der Waals surface area contributed by atoms with Crippen molar-refractivity contribution in [1.29, 1.82) is 0 Å².